The van der Waals surface area contributed by atoms with Crippen LogP contribution in [0, 0.1) is 0 Å². The van der Waals surface area contributed by atoms with Crippen molar-refractivity contribution in [1.82, 2.24) is 5.32 Å². The molecule has 0 saturated carbocycles. The highest BCUT2D eigenvalue weighted by molar-refractivity contribution is 5.94. The zero-order valence-electron chi connectivity index (χ0n) is 11.1. The van der Waals surface area contributed by atoms with Gasteiger partial charge >= 0.3 is 12.0 Å². The number of nitrogens with zero attached hydrogens (tertiary/aromatic N) is 1. The van der Waals surface area contributed by atoms with Crippen LogP contribution in [0.3, 0.4) is 0 Å². The molecule has 1 aromatic carbocycles. The summed E-state index contributed by atoms with van der Waals surface area (Å²) in [6, 6.07) is 4.34. The average Bonchev–Trinajstić information content (AvgIpc) is 2.39. The van der Waals surface area contributed by atoms with Gasteiger partial charge in [-0.05, 0) is 19.1 Å². The van der Waals surface area contributed by atoms with Gasteiger partial charge < -0.3 is 20.6 Å². The van der Waals surface area contributed by atoms with Crippen LogP contribution in [0.25, 0.3) is 0 Å². The van der Waals surface area contributed by atoms with E-state index in [0.29, 0.717) is 12.2 Å². The molecular formula is C13H18N2O5. The van der Waals surface area contributed by atoms with Crippen LogP contribution in [0.5, 0.6) is 5.75 Å². The molecule has 0 aliphatic heterocycles. The maximum absolute atomic E-state index is 12.1. The number of nitrogens with one attached hydrogen (secondary N) is 1. The number of carbonyl (C=O) groups excluding carboxylic acids is 1. The van der Waals surface area contributed by atoms with E-state index in [1.165, 1.54) is 17.0 Å². The normalized spacial score (nSPS) is 11.7. The van der Waals surface area contributed by atoms with Gasteiger partial charge in [0.15, 0.2) is 0 Å². The number of urea groups is 1. The molecule has 1 rings (SSSR count). The van der Waals surface area contributed by atoms with Gasteiger partial charge in [-0.25, -0.2) is 9.59 Å². The fourth-order valence-electron chi connectivity index (χ4n) is 1.72. The van der Waals surface area contributed by atoms with Crippen LogP contribution < -0.4 is 10.2 Å². The first kappa shape index (κ1) is 15.8. The predicted octanol–water partition coefficient (Wildman–Crippen LogP) is 0.764. The highest BCUT2D eigenvalue weighted by Crippen LogP contribution is 2.20. The van der Waals surface area contributed by atoms with Gasteiger partial charge in [-0.15, -0.1) is 0 Å². The van der Waals surface area contributed by atoms with Crippen molar-refractivity contribution in [1.29, 1.82) is 0 Å². The lowest BCUT2D eigenvalue weighted by Gasteiger charge is -2.24. The number of aliphatic hydroxyl groups is 1. The molecule has 20 heavy (non-hydrogen) atoms. The molecule has 0 heterocycles. The Kier molecular flexibility index (Phi) is 5.79. The number of rotatable bonds is 6. The Morgan fingerprint density at radius 3 is 2.60 bits per heavy atom. The zero-order valence-corrected chi connectivity index (χ0v) is 11.1. The van der Waals surface area contributed by atoms with Gasteiger partial charge in [0.1, 0.15) is 11.8 Å². The molecule has 0 bridgehead atoms. The van der Waals surface area contributed by atoms with Crippen LogP contribution in [-0.2, 0) is 4.79 Å². The van der Waals surface area contributed by atoms with Crippen LogP contribution in [0.15, 0.2) is 24.3 Å². The molecule has 2 amide bonds. The summed E-state index contributed by atoms with van der Waals surface area (Å²) in [5, 5.41) is 29.5. The standard InChI is InChI=1S/C13H18N2O5/c1-2-15(9-4-3-5-10(17)8-9)13(20)14-11(6-7-16)12(18)19/h3-5,8,11,16-17H,2,6-7H2,1H3,(H,14,20)(H,18,19)/t11-/m0/s1. The third-order valence-corrected chi connectivity index (χ3v) is 2.72. The number of carboxylic acids is 1. The van der Waals surface area contributed by atoms with E-state index >= 15 is 0 Å². The second kappa shape index (κ2) is 7.34. The number of aliphatic hydroxyl groups excluding tert-OH is 1. The number of carboxylic acid groups (broad SMARTS) is 1. The largest absolute Gasteiger partial charge is 0.508 e. The molecule has 7 heteroatoms. The Morgan fingerprint density at radius 1 is 1.40 bits per heavy atom. The molecule has 0 saturated heterocycles. The molecular weight excluding hydrogens is 264 g/mol. The Bertz CT molecular complexity index is 478. The second-order valence-electron chi connectivity index (χ2n) is 4.12. The number of amides is 2. The van der Waals surface area contributed by atoms with Crippen molar-refractivity contribution in [2.24, 2.45) is 0 Å². The molecule has 0 aromatic heterocycles. The topological polar surface area (TPSA) is 110 Å². The minimum absolute atomic E-state index is 0.0129. The van der Waals surface area contributed by atoms with Gasteiger partial charge in [-0.1, -0.05) is 6.07 Å². The van der Waals surface area contributed by atoms with E-state index in [-0.39, 0.29) is 18.8 Å². The highest BCUT2D eigenvalue weighted by atomic mass is 16.4. The fourth-order valence-corrected chi connectivity index (χ4v) is 1.72. The third-order valence-electron chi connectivity index (χ3n) is 2.72. The maximum Gasteiger partial charge on any atom is 0.326 e. The Hall–Kier alpha value is -2.28. The number of phenols is 1. The molecule has 110 valence electrons. The van der Waals surface area contributed by atoms with Crippen LogP contribution in [0.2, 0.25) is 0 Å². The molecule has 0 aliphatic carbocycles. The lowest BCUT2D eigenvalue weighted by Crippen LogP contribution is -2.48. The van der Waals surface area contributed by atoms with Crippen molar-refractivity contribution in [2.75, 3.05) is 18.1 Å². The molecule has 0 spiro atoms. The van der Waals surface area contributed by atoms with Gasteiger partial charge in [0.05, 0.1) is 0 Å². The van der Waals surface area contributed by atoms with E-state index in [0.717, 1.165) is 0 Å². The van der Waals surface area contributed by atoms with Crippen molar-refractivity contribution in [2.45, 2.75) is 19.4 Å². The van der Waals surface area contributed by atoms with Crippen molar-refractivity contribution in [3.8, 4) is 5.75 Å². The van der Waals surface area contributed by atoms with Crippen LogP contribution in [0.4, 0.5) is 10.5 Å². The number of anilines is 1. The molecule has 0 aliphatic rings. The molecule has 1 aromatic rings. The van der Waals surface area contributed by atoms with Crippen LogP contribution in [-0.4, -0.2) is 46.5 Å². The van der Waals surface area contributed by atoms with Gasteiger partial charge in [0.25, 0.3) is 0 Å². The summed E-state index contributed by atoms with van der Waals surface area (Å²) >= 11 is 0. The smallest absolute Gasteiger partial charge is 0.326 e. The summed E-state index contributed by atoms with van der Waals surface area (Å²) in [6.07, 6.45) is -0.0708. The summed E-state index contributed by atoms with van der Waals surface area (Å²) in [5.41, 5.74) is 0.457. The molecule has 4 N–H and O–H groups in total. The lowest BCUT2D eigenvalue weighted by molar-refractivity contribution is -0.139. The van der Waals surface area contributed by atoms with Gasteiger partial charge in [0, 0.05) is 31.3 Å². The summed E-state index contributed by atoms with van der Waals surface area (Å²) in [7, 11) is 0. The minimum atomic E-state index is -1.21. The van der Waals surface area contributed by atoms with E-state index < -0.39 is 18.0 Å². The molecule has 0 unspecified atom stereocenters. The molecule has 0 fully saturated rings. The maximum atomic E-state index is 12.1. The number of benzene rings is 1. The Labute approximate surface area is 116 Å². The number of hydrogen-bond donors (Lipinski definition) is 4. The number of hydrogen-bond acceptors (Lipinski definition) is 4. The number of phenolic OH excluding ortho intramolecular Hbond substituents is 1. The van der Waals surface area contributed by atoms with Crippen LogP contribution >= 0.6 is 0 Å². The zero-order chi connectivity index (χ0) is 15.1. The third kappa shape index (κ3) is 4.13. The molecule has 1 atom stereocenters. The number of aliphatic carboxylic acids is 1. The summed E-state index contributed by atoms with van der Waals surface area (Å²) in [5.74, 6) is -1.20. The van der Waals surface area contributed by atoms with Crippen molar-refractivity contribution < 1.29 is 24.9 Å². The van der Waals surface area contributed by atoms with Crippen LogP contribution in [0.1, 0.15) is 13.3 Å². The monoisotopic (exact) mass is 282 g/mol. The molecule has 0 radical (unpaired) electrons. The fraction of sp³-hybridized carbons (Fsp3) is 0.385. The number of aromatic hydroxyl groups is 1. The van der Waals surface area contributed by atoms with Gasteiger partial charge in [-0.3, -0.25) is 4.90 Å². The van der Waals surface area contributed by atoms with E-state index in [2.05, 4.69) is 5.32 Å². The lowest BCUT2D eigenvalue weighted by atomic mass is 10.2. The quantitative estimate of drug-likeness (QED) is 0.616. The number of carbonyl (C=O) groups is 2. The predicted molar refractivity (Wildman–Crippen MR) is 72.8 cm³/mol. The summed E-state index contributed by atoms with van der Waals surface area (Å²) in [4.78, 5) is 24.3. The van der Waals surface area contributed by atoms with Crippen molar-refractivity contribution >= 4 is 17.7 Å². The summed E-state index contributed by atoms with van der Waals surface area (Å²) in [6.45, 7) is 1.70. The van der Waals surface area contributed by atoms with E-state index in [4.69, 9.17) is 10.2 Å². The van der Waals surface area contributed by atoms with Crippen molar-refractivity contribution in [3.63, 3.8) is 0 Å². The van der Waals surface area contributed by atoms with Crippen molar-refractivity contribution in [3.05, 3.63) is 24.3 Å². The minimum Gasteiger partial charge on any atom is -0.508 e. The SMILES string of the molecule is CCN(C(=O)N[C@@H](CCO)C(=O)O)c1cccc(O)c1. The average molecular weight is 282 g/mol. The van der Waals surface area contributed by atoms with E-state index in [1.54, 1.807) is 19.1 Å². The van der Waals surface area contributed by atoms with E-state index in [9.17, 15) is 14.7 Å². The first-order valence-corrected chi connectivity index (χ1v) is 6.20. The molecule has 7 nitrogen and oxygen atoms in total. The Morgan fingerprint density at radius 2 is 2.10 bits per heavy atom. The van der Waals surface area contributed by atoms with E-state index in [1.807, 2.05) is 0 Å². The highest BCUT2D eigenvalue weighted by Gasteiger charge is 2.22. The summed E-state index contributed by atoms with van der Waals surface area (Å²) < 4.78 is 0. The van der Waals surface area contributed by atoms with Gasteiger partial charge in [0.2, 0.25) is 0 Å². The first-order valence-electron chi connectivity index (χ1n) is 6.20. The van der Waals surface area contributed by atoms with Gasteiger partial charge in [-0.2, -0.15) is 0 Å². The Balaban J connectivity index is 2.84. The second-order valence-corrected chi connectivity index (χ2v) is 4.12. The first-order chi connectivity index (χ1) is 9.49.